The first-order valence-corrected chi connectivity index (χ1v) is 11.6. The lowest BCUT2D eigenvalue weighted by atomic mass is 10.1. The van der Waals surface area contributed by atoms with Gasteiger partial charge in [-0.25, -0.2) is 4.68 Å². The number of piperazine rings is 1. The Kier molecular flexibility index (Phi) is 6.07. The van der Waals surface area contributed by atoms with E-state index in [2.05, 4.69) is 4.90 Å². The van der Waals surface area contributed by atoms with Gasteiger partial charge in [-0.15, -0.1) is 0 Å². The van der Waals surface area contributed by atoms with Crippen LogP contribution in [0.5, 0.6) is 0 Å². The number of amides is 1. The van der Waals surface area contributed by atoms with E-state index in [1.165, 1.54) is 0 Å². The third kappa shape index (κ3) is 4.34. The summed E-state index contributed by atoms with van der Waals surface area (Å²) in [5.41, 5.74) is 3.85. The summed E-state index contributed by atoms with van der Waals surface area (Å²) >= 11 is 12.8. The number of hydrogen-bond acceptors (Lipinski definition) is 3. The van der Waals surface area contributed by atoms with Gasteiger partial charge >= 0.3 is 0 Å². The van der Waals surface area contributed by atoms with Crippen molar-refractivity contribution in [3.63, 3.8) is 0 Å². The lowest BCUT2D eigenvalue weighted by molar-refractivity contribution is 0.0737. The highest BCUT2D eigenvalue weighted by molar-refractivity contribution is 6.33. The van der Waals surface area contributed by atoms with Crippen LogP contribution in [-0.2, 0) is 0 Å². The van der Waals surface area contributed by atoms with Crippen LogP contribution in [0.1, 0.15) is 10.5 Å². The van der Waals surface area contributed by atoms with Crippen molar-refractivity contribution in [2.75, 3.05) is 31.1 Å². The fourth-order valence-electron chi connectivity index (χ4n) is 4.11. The average molecular weight is 477 g/mol. The zero-order valence-electron chi connectivity index (χ0n) is 17.9. The minimum Gasteiger partial charge on any atom is -0.367 e. The van der Waals surface area contributed by atoms with Gasteiger partial charge in [0.05, 0.1) is 27.1 Å². The zero-order chi connectivity index (χ0) is 22.8. The van der Waals surface area contributed by atoms with Crippen molar-refractivity contribution in [3.8, 4) is 16.9 Å². The Balaban J connectivity index is 1.45. The van der Waals surface area contributed by atoms with Crippen LogP contribution in [-0.4, -0.2) is 46.8 Å². The molecule has 0 saturated carbocycles. The van der Waals surface area contributed by atoms with Gasteiger partial charge < -0.3 is 9.80 Å². The molecule has 166 valence electrons. The molecule has 1 aliphatic rings. The maximum atomic E-state index is 13.6. The molecule has 0 bridgehead atoms. The van der Waals surface area contributed by atoms with Crippen LogP contribution in [0.15, 0.2) is 84.9 Å². The van der Waals surface area contributed by atoms with Gasteiger partial charge in [-0.2, -0.15) is 5.10 Å². The van der Waals surface area contributed by atoms with E-state index in [0.717, 1.165) is 22.0 Å². The van der Waals surface area contributed by atoms with Crippen molar-refractivity contribution >= 4 is 34.8 Å². The van der Waals surface area contributed by atoms with Gasteiger partial charge in [0.1, 0.15) is 5.69 Å². The smallest absolute Gasteiger partial charge is 0.272 e. The number of rotatable bonds is 4. The van der Waals surface area contributed by atoms with Crippen LogP contribution in [0, 0.1) is 0 Å². The molecule has 4 aromatic rings. The normalized spacial score (nSPS) is 13.9. The summed E-state index contributed by atoms with van der Waals surface area (Å²) in [7, 11) is 0. The van der Waals surface area contributed by atoms with Gasteiger partial charge in [0.15, 0.2) is 0 Å². The van der Waals surface area contributed by atoms with Gasteiger partial charge in [0, 0.05) is 31.7 Å². The molecular formula is C26H22Cl2N4O. The second kappa shape index (κ2) is 9.30. The molecule has 33 heavy (non-hydrogen) atoms. The van der Waals surface area contributed by atoms with Crippen molar-refractivity contribution < 1.29 is 4.79 Å². The predicted octanol–water partition coefficient (Wildman–Crippen LogP) is 5.81. The molecular weight excluding hydrogens is 455 g/mol. The van der Waals surface area contributed by atoms with Crippen molar-refractivity contribution in [1.29, 1.82) is 0 Å². The quantitative estimate of drug-likeness (QED) is 0.373. The number of halogens is 2. The van der Waals surface area contributed by atoms with Gasteiger partial charge in [0.25, 0.3) is 5.91 Å². The predicted molar refractivity (Wildman–Crippen MR) is 134 cm³/mol. The highest BCUT2D eigenvalue weighted by Gasteiger charge is 2.27. The lowest BCUT2D eigenvalue weighted by Gasteiger charge is -2.36. The number of carbonyl (C=O) groups is 1. The van der Waals surface area contributed by atoms with Crippen molar-refractivity contribution in [2.24, 2.45) is 0 Å². The second-order valence-electron chi connectivity index (χ2n) is 7.87. The molecule has 0 atom stereocenters. The van der Waals surface area contributed by atoms with E-state index >= 15 is 0 Å². The highest BCUT2D eigenvalue weighted by atomic mass is 35.5. The van der Waals surface area contributed by atoms with Gasteiger partial charge in [-0.3, -0.25) is 4.79 Å². The maximum absolute atomic E-state index is 13.6. The second-order valence-corrected chi connectivity index (χ2v) is 8.69. The number of nitrogens with zero attached hydrogens (tertiary/aromatic N) is 4. The Labute approximate surface area is 202 Å². The first-order valence-electron chi connectivity index (χ1n) is 10.8. The fourth-order valence-corrected chi connectivity index (χ4v) is 4.58. The summed E-state index contributed by atoms with van der Waals surface area (Å²) in [6.07, 6.45) is 0. The number of aromatic nitrogens is 2. The molecule has 7 heteroatoms. The Morgan fingerprint density at radius 2 is 1.30 bits per heavy atom. The Bertz CT molecular complexity index is 1280. The molecule has 1 amide bonds. The third-order valence-electron chi connectivity index (χ3n) is 5.84. The standard InChI is InChI=1S/C26H22Cl2N4O/c27-20-10-4-6-12-23(20)30-14-16-31(17-15-30)26(33)25-18-22(19-8-2-1-3-9-19)29-32(25)24-13-7-5-11-21(24)28/h1-13,18H,14-17H2. The molecule has 5 rings (SSSR count). The Morgan fingerprint density at radius 1 is 0.727 bits per heavy atom. The Hall–Kier alpha value is -3.28. The van der Waals surface area contributed by atoms with Crippen LogP contribution >= 0.6 is 23.2 Å². The first kappa shape index (κ1) is 21.6. The topological polar surface area (TPSA) is 41.4 Å². The lowest BCUT2D eigenvalue weighted by Crippen LogP contribution is -2.49. The monoisotopic (exact) mass is 476 g/mol. The molecule has 5 nitrogen and oxygen atoms in total. The SMILES string of the molecule is O=C(c1cc(-c2ccccc2)nn1-c1ccccc1Cl)N1CCN(c2ccccc2Cl)CC1. The average Bonchev–Trinajstić information content (AvgIpc) is 3.30. The molecule has 3 aromatic carbocycles. The number of benzene rings is 3. The summed E-state index contributed by atoms with van der Waals surface area (Å²) in [5, 5.41) is 6.02. The summed E-state index contributed by atoms with van der Waals surface area (Å²) in [6, 6.07) is 26.9. The van der Waals surface area contributed by atoms with E-state index < -0.39 is 0 Å². The summed E-state index contributed by atoms with van der Waals surface area (Å²) in [4.78, 5) is 17.7. The van der Waals surface area contributed by atoms with Crippen LogP contribution in [0.2, 0.25) is 10.0 Å². The number of hydrogen-bond donors (Lipinski definition) is 0. The van der Waals surface area contributed by atoms with E-state index in [1.54, 1.807) is 10.7 Å². The van der Waals surface area contributed by atoms with Crippen LogP contribution < -0.4 is 4.90 Å². The largest absolute Gasteiger partial charge is 0.367 e. The third-order valence-corrected chi connectivity index (χ3v) is 6.48. The van der Waals surface area contributed by atoms with E-state index in [1.807, 2.05) is 83.8 Å². The molecule has 1 fully saturated rings. The first-order chi connectivity index (χ1) is 16.1. The van der Waals surface area contributed by atoms with Crippen LogP contribution in [0.4, 0.5) is 5.69 Å². The zero-order valence-corrected chi connectivity index (χ0v) is 19.4. The van der Waals surface area contributed by atoms with E-state index in [-0.39, 0.29) is 5.91 Å². The van der Waals surface area contributed by atoms with E-state index in [4.69, 9.17) is 28.3 Å². The summed E-state index contributed by atoms with van der Waals surface area (Å²) < 4.78 is 1.66. The number of carbonyl (C=O) groups excluding carboxylic acids is 1. The van der Waals surface area contributed by atoms with Crippen LogP contribution in [0.3, 0.4) is 0 Å². The molecule has 1 aromatic heterocycles. The van der Waals surface area contributed by atoms with Gasteiger partial charge in [-0.05, 0) is 30.3 Å². The molecule has 0 unspecified atom stereocenters. The molecule has 2 heterocycles. The summed E-state index contributed by atoms with van der Waals surface area (Å²) in [5.74, 6) is -0.0663. The Morgan fingerprint density at radius 3 is 1.94 bits per heavy atom. The minimum atomic E-state index is -0.0663. The highest BCUT2D eigenvalue weighted by Crippen LogP contribution is 2.28. The molecule has 0 radical (unpaired) electrons. The van der Waals surface area contributed by atoms with Gasteiger partial charge in [-0.1, -0.05) is 77.8 Å². The molecule has 0 aliphatic carbocycles. The van der Waals surface area contributed by atoms with Gasteiger partial charge in [0.2, 0.25) is 0 Å². The maximum Gasteiger partial charge on any atom is 0.272 e. The minimum absolute atomic E-state index is 0.0663. The summed E-state index contributed by atoms with van der Waals surface area (Å²) in [6.45, 7) is 2.61. The molecule has 1 aliphatic heterocycles. The molecule has 1 saturated heterocycles. The van der Waals surface area contributed by atoms with Crippen molar-refractivity contribution in [3.05, 3.63) is 101 Å². The number of para-hydroxylation sites is 2. The van der Waals surface area contributed by atoms with Crippen LogP contribution in [0.25, 0.3) is 16.9 Å². The number of anilines is 1. The van der Waals surface area contributed by atoms with E-state index in [0.29, 0.717) is 42.6 Å². The van der Waals surface area contributed by atoms with E-state index in [9.17, 15) is 4.79 Å². The molecule has 0 N–H and O–H groups in total. The molecule has 0 spiro atoms. The fraction of sp³-hybridized carbons (Fsp3) is 0.154. The van der Waals surface area contributed by atoms with Crippen molar-refractivity contribution in [1.82, 2.24) is 14.7 Å². The van der Waals surface area contributed by atoms with Crippen molar-refractivity contribution in [2.45, 2.75) is 0 Å².